The second-order valence-corrected chi connectivity index (χ2v) is 3.08. The normalized spacial score (nSPS) is 10.0. The highest BCUT2D eigenvalue weighted by Gasteiger charge is 1.95. The van der Waals surface area contributed by atoms with E-state index >= 15 is 0 Å². The second kappa shape index (κ2) is 3.92. The number of hydrogen-bond donors (Lipinski definition) is 1. The van der Waals surface area contributed by atoms with Crippen molar-refractivity contribution in [1.82, 2.24) is 10.3 Å². The molecule has 0 spiro atoms. The van der Waals surface area contributed by atoms with Gasteiger partial charge in [-0.05, 0) is 18.3 Å². The summed E-state index contributed by atoms with van der Waals surface area (Å²) in [6.45, 7) is 4.33. The van der Waals surface area contributed by atoms with Crippen LogP contribution in [0.15, 0.2) is 49.2 Å². The van der Waals surface area contributed by atoms with Gasteiger partial charge in [-0.2, -0.15) is 0 Å². The first-order chi connectivity index (χ1) is 6.90. The van der Waals surface area contributed by atoms with Crippen molar-refractivity contribution in [3.05, 3.63) is 54.9 Å². The maximum atomic E-state index is 4.50. The molecular weight excluding hydrogens is 172 g/mol. The molecule has 0 radical (unpaired) electrons. The first-order valence-electron chi connectivity index (χ1n) is 4.59. The second-order valence-electron chi connectivity index (χ2n) is 3.08. The quantitative estimate of drug-likeness (QED) is 0.792. The Kier molecular flexibility index (Phi) is 2.45. The van der Waals surface area contributed by atoms with Gasteiger partial charge in [0.15, 0.2) is 0 Å². The van der Waals surface area contributed by atoms with Crippen LogP contribution in [0.1, 0.15) is 5.69 Å². The molecule has 0 unspecified atom stereocenters. The van der Waals surface area contributed by atoms with Gasteiger partial charge in [0.1, 0.15) is 0 Å². The topological polar surface area (TPSA) is 24.9 Å². The Bertz CT molecular complexity index is 449. The molecule has 2 heteroatoms. The monoisotopic (exact) mass is 184 g/mol. The van der Waals surface area contributed by atoms with E-state index < -0.39 is 0 Å². The third-order valence-corrected chi connectivity index (χ3v) is 2.08. The molecule has 2 rings (SSSR count). The van der Waals surface area contributed by atoms with Gasteiger partial charge in [0.25, 0.3) is 0 Å². The summed E-state index contributed by atoms with van der Waals surface area (Å²) in [5.74, 6) is 0. The molecule has 2 nitrogen and oxygen atoms in total. The standard InChI is InChI=1S/C12H12N2/c1-2-13-9-11-8-7-10-5-3-4-6-12(10)14-11/h2-8,13H,1,9H2. The third-order valence-electron chi connectivity index (χ3n) is 2.08. The van der Waals surface area contributed by atoms with Crippen LogP contribution in [0.2, 0.25) is 0 Å². The lowest BCUT2D eigenvalue weighted by atomic mass is 10.2. The fourth-order valence-electron chi connectivity index (χ4n) is 1.38. The fraction of sp³-hybridized carbons (Fsp3) is 0.0833. The van der Waals surface area contributed by atoms with Gasteiger partial charge in [0, 0.05) is 5.39 Å². The number of benzene rings is 1. The number of rotatable bonds is 3. The molecule has 70 valence electrons. The number of aromatic nitrogens is 1. The van der Waals surface area contributed by atoms with Crippen LogP contribution in [-0.4, -0.2) is 4.98 Å². The summed E-state index contributed by atoms with van der Waals surface area (Å²) in [5.41, 5.74) is 2.07. The van der Waals surface area contributed by atoms with Gasteiger partial charge in [0.2, 0.25) is 0 Å². The molecule has 14 heavy (non-hydrogen) atoms. The molecular formula is C12H12N2. The number of fused-ring (bicyclic) bond motifs is 1. The molecule has 0 bridgehead atoms. The molecule has 1 aromatic carbocycles. The minimum absolute atomic E-state index is 0.730. The first-order valence-corrected chi connectivity index (χ1v) is 4.59. The minimum atomic E-state index is 0.730. The summed E-state index contributed by atoms with van der Waals surface area (Å²) < 4.78 is 0. The molecule has 0 aliphatic rings. The maximum Gasteiger partial charge on any atom is 0.0706 e. The third kappa shape index (κ3) is 1.74. The average Bonchev–Trinajstić information content (AvgIpc) is 2.26. The van der Waals surface area contributed by atoms with Crippen LogP contribution in [-0.2, 0) is 6.54 Å². The minimum Gasteiger partial charge on any atom is -0.386 e. The zero-order valence-electron chi connectivity index (χ0n) is 7.90. The van der Waals surface area contributed by atoms with E-state index in [0.29, 0.717) is 0 Å². The largest absolute Gasteiger partial charge is 0.386 e. The van der Waals surface area contributed by atoms with Crippen molar-refractivity contribution in [2.75, 3.05) is 0 Å². The van der Waals surface area contributed by atoms with Crippen LogP contribution < -0.4 is 5.32 Å². The Hall–Kier alpha value is -1.83. The predicted octanol–water partition coefficient (Wildman–Crippen LogP) is 2.47. The van der Waals surface area contributed by atoms with E-state index in [1.165, 1.54) is 5.39 Å². The van der Waals surface area contributed by atoms with Gasteiger partial charge in [-0.3, -0.25) is 4.98 Å². The number of nitrogens with one attached hydrogen (secondary N) is 1. The fourth-order valence-corrected chi connectivity index (χ4v) is 1.38. The Labute approximate surface area is 83.3 Å². The summed E-state index contributed by atoms with van der Waals surface area (Å²) in [7, 11) is 0. The zero-order valence-corrected chi connectivity index (χ0v) is 7.90. The van der Waals surface area contributed by atoms with Crippen molar-refractivity contribution in [3.63, 3.8) is 0 Å². The first kappa shape index (κ1) is 8.75. The molecule has 0 saturated carbocycles. The molecule has 0 saturated heterocycles. The summed E-state index contributed by atoms with van der Waals surface area (Å²) >= 11 is 0. The van der Waals surface area contributed by atoms with Crippen molar-refractivity contribution < 1.29 is 0 Å². The summed E-state index contributed by atoms with van der Waals surface area (Å²) in [4.78, 5) is 4.50. The van der Waals surface area contributed by atoms with E-state index in [1.54, 1.807) is 6.20 Å². The van der Waals surface area contributed by atoms with Crippen molar-refractivity contribution in [3.8, 4) is 0 Å². The molecule has 0 aliphatic carbocycles. The van der Waals surface area contributed by atoms with Crippen molar-refractivity contribution in [2.45, 2.75) is 6.54 Å². The van der Waals surface area contributed by atoms with Crippen LogP contribution >= 0.6 is 0 Å². The predicted molar refractivity (Wildman–Crippen MR) is 58.8 cm³/mol. The van der Waals surface area contributed by atoms with Crippen LogP contribution in [0.5, 0.6) is 0 Å². The van der Waals surface area contributed by atoms with E-state index in [0.717, 1.165) is 17.8 Å². The van der Waals surface area contributed by atoms with Crippen LogP contribution in [0.4, 0.5) is 0 Å². The molecule has 2 aromatic rings. The van der Waals surface area contributed by atoms with E-state index in [2.05, 4.69) is 29.0 Å². The van der Waals surface area contributed by atoms with Gasteiger partial charge in [-0.1, -0.05) is 30.8 Å². The summed E-state index contributed by atoms with van der Waals surface area (Å²) in [6.07, 6.45) is 1.68. The lowest BCUT2D eigenvalue weighted by Crippen LogP contribution is -2.05. The molecule has 0 atom stereocenters. The zero-order chi connectivity index (χ0) is 9.80. The number of nitrogens with zero attached hydrogens (tertiary/aromatic N) is 1. The Morgan fingerprint density at radius 1 is 1.21 bits per heavy atom. The van der Waals surface area contributed by atoms with E-state index in [9.17, 15) is 0 Å². The Balaban J connectivity index is 2.36. The van der Waals surface area contributed by atoms with Gasteiger partial charge in [-0.15, -0.1) is 0 Å². The highest BCUT2D eigenvalue weighted by atomic mass is 14.9. The molecule has 1 aromatic heterocycles. The van der Waals surface area contributed by atoms with Gasteiger partial charge < -0.3 is 5.32 Å². The van der Waals surface area contributed by atoms with Crippen LogP contribution in [0, 0.1) is 0 Å². The molecule has 0 fully saturated rings. The molecule has 1 heterocycles. The Morgan fingerprint density at radius 3 is 2.93 bits per heavy atom. The maximum absolute atomic E-state index is 4.50. The lowest BCUT2D eigenvalue weighted by Gasteiger charge is -2.02. The SMILES string of the molecule is C=CNCc1ccc2ccccc2n1. The average molecular weight is 184 g/mol. The molecule has 1 N–H and O–H groups in total. The van der Waals surface area contributed by atoms with Gasteiger partial charge >= 0.3 is 0 Å². The highest BCUT2D eigenvalue weighted by molar-refractivity contribution is 5.78. The highest BCUT2D eigenvalue weighted by Crippen LogP contribution is 2.11. The number of hydrogen-bond acceptors (Lipinski definition) is 2. The van der Waals surface area contributed by atoms with Gasteiger partial charge in [-0.25, -0.2) is 0 Å². The van der Waals surface area contributed by atoms with Crippen molar-refractivity contribution >= 4 is 10.9 Å². The Morgan fingerprint density at radius 2 is 2.07 bits per heavy atom. The lowest BCUT2D eigenvalue weighted by molar-refractivity contribution is 0.844. The summed E-state index contributed by atoms with van der Waals surface area (Å²) in [6, 6.07) is 12.2. The number of pyridine rings is 1. The smallest absolute Gasteiger partial charge is 0.0706 e. The molecule has 0 amide bonds. The van der Waals surface area contributed by atoms with Crippen LogP contribution in [0.25, 0.3) is 10.9 Å². The van der Waals surface area contributed by atoms with E-state index in [4.69, 9.17) is 0 Å². The molecule has 0 aliphatic heterocycles. The van der Waals surface area contributed by atoms with E-state index in [1.807, 2.05) is 24.3 Å². The van der Waals surface area contributed by atoms with Gasteiger partial charge in [0.05, 0.1) is 17.8 Å². The summed E-state index contributed by atoms with van der Waals surface area (Å²) in [5, 5.41) is 4.21. The number of para-hydroxylation sites is 1. The van der Waals surface area contributed by atoms with Crippen molar-refractivity contribution in [1.29, 1.82) is 0 Å². The van der Waals surface area contributed by atoms with Crippen molar-refractivity contribution in [2.24, 2.45) is 0 Å². The van der Waals surface area contributed by atoms with Crippen LogP contribution in [0.3, 0.4) is 0 Å². The van der Waals surface area contributed by atoms with E-state index in [-0.39, 0.29) is 0 Å².